The second kappa shape index (κ2) is 10.7. The van der Waals surface area contributed by atoms with Gasteiger partial charge in [0, 0.05) is 22.7 Å². The van der Waals surface area contributed by atoms with Crippen molar-refractivity contribution in [1.29, 1.82) is 0 Å². The first-order valence-corrected chi connectivity index (χ1v) is 10.6. The van der Waals surface area contributed by atoms with Crippen LogP contribution >= 0.6 is 24.0 Å². The van der Waals surface area contributed by atoms with Crippen molar-refractivity contribution in [2.75, 3.05) is 32.6 Å². The Bertz CT molecular complexity index is 1060. The van der Waals surface area contributed by atoms with E-state index in [1.54, 1.807) is 38.6 Å². The van der Waals surface area contributed by atoms with Gasteiger partial charge < -0.3 is 20.1 Å². The Hall–Kier alpha value is -2.74. The van der Waals surface area contributed by atoms with Crippen LogP contribution in [0.25, 0.3) is 5.69 Å². The van der Waals surface area contributed by atoms with E-state index in [2.05, 4.69) is 15.7 Å². The number of ether oxygens (including phenoxy) is 2. The maximum absolute atomic E-state index is 13.3. The van der Waals surface area contributed by atoms with Gasteiger partial charge in [-0.1, -0.05) is 11.6 Å². The molecule has 9 heteroatoms. The molecule has 1 amide bonds. The van der Waals surface area contributed by atoms with Crippen molar-refractivity contribution in [3.05, 3.63) is 64.9 Å². The van der Waals surface area contributed by atoms with Crippen LogP contribution in [0.1, 0.15) is 34.8 Å². The van der Waals surface area contributed by atoms with Gasteiger partial charge in [-0.15, -0.1) is 12.4 Å². The Morgan fingerprint density at radius 1 is 1.09 bits per heavy atom. The van der Waals surface area contributed by atoms with Crippen LogP contribution in [0, 0.1) is 0 Å². The van der Waals surface area contributed by atoms with E-state index < -0.39 is 0 Å². The second-order valence-electron chi connectivity index (χ2n) is 7.38. The number of carbonyl (C=O) groups excluding carboxylic acids is 1. The zero-order valence-corrected chi connectivity index (χ0v) is 19.5. The predicted molar refractivity (Wildman–Crippen MR) is 128 cm³/mol. The number of benzene rings is 2. The highest BCUT2D eigenvalue weighted by Gasteiger charge is 2.27. The van der Waals surface area contributed by atoms with Crippen LogP contribution in [0.2, 0.25) is 5.02 Å². The summed E-state index contributed by atoms with van der Waals surface area (Å²) >= 11 is 6.06. The van der Waals surface area contributed by atoms with E-state index in [1.165, 1.54) is 0 Å². The molecule has 1 aliphatic heterocycles. The molecule has 2 heterocycles. The topological polar surface area (TPSA) is 77.4 Å². The monoisotopic (exact) mass is 476 g/mol. The number of methoxy groups -OCH3 is 2. The molecular weight excluding hydrogens is 451 g/mol. The fourth-order valence-corrected chi connectivity index (χ4v) is 4.05. The molecule has 4 rings (SSSR count). The molecule has 7 nitrogen and oxygen atoms in total. The van der Waals surface area contributed by atoms with Crippen molar-refractivity contribution in [1.82, 2.24) is 15.1 Å². The number of carbonyl (C=O) groups is 1. The van der Waals surface area contributed by atoms with E-state index in [-0.39, 0.29) is 24.2 Å². The molecule has 0 saturated carbocycles. The van der Waals surface area contributed by atoms with Gasteiger partial charge in [0.05, 0.1) is 37.4 Å². The smallest absolute Gasteiger partial charge is 0.259 e. The van der Waals surface area contributed by atoms with Gasteiger partial charge in [-0.25, -0.2) is 4.68 Å². The van der Waals surface area contributed by atoms with Crippen LogP contribution in [0.5, 0.6) is 11.5 Å². The third-order valence-electron chi connectivity index (χ3n) is 5.49. The number of aromatic nitrogens is 2. The van der Waals surface area contributed by atoms with Crippen LogP contribution in [-0.4, -0.2) is 43.0 Å². The van der Waals surface area contributed by atoms with Crippen LogP contribution in [0.4, 0.5) is 5.69 Å². The lowest BCUT2D eigenvalue weighted by molar-refractivity contribution is 0.102. The summed E-state index contributed by atoms with van der Waals surface area (Å²) in [7, 11) is 3.14. The molecule has 1 aliphatic rings. The summed E-state index contributed by atoms with van der Waals surface area (Å²) in [6.45, 7) is 1.82. The third-order valence-corrected chi connectivity index (χ3v) is 5.74. The number of anilines is 1. The first-order valence-electron chi connectivity index (χ1n) is 10.2. The fourth-order valence-electron chi connectivity index (χ4n) is 3.92. The first-order chi connectivity index (χ1) is 15.1. The Morgan fingerprint density at radius 2 is 1.78 bits per heavy atom. The van der Waals surface area contributed by atoms with Crippen LogP contribution in [-0.2, 0) is 0 Å². The molecule has 0 radical (unpaired) electrons. The molecule has 1 aromatic heterocycles. The Morgan fingerprint density at radius 3 is 2.44 bits per heavy atom. The summed E-state index contributed by atoms with van der Waals surface area (Å²) in [5.74, 6) is 1.17. The highest BCUT2D eigenvalue weighted by atomic mass is 35.5. The Labute approximate surface area is 198 Å². The molecule has 0 aliphatic carbocycles. The highest BCUT2D eigenvalue weighted by Crippen LogP contribution is 2.33. The predicted octanol–water partition coefficient (Wildman–Crippen LogP) is 4.68. The van der Waals surface area contributed by atoms with E-state index in [9.17, 15) is 4.79 Å². The molecule has 170 valence electrons. The van der Waals surface area contributed by atoms with E-state index in [0.717, 1.165) is 37.3 Å². The summed E-state index contributed by atoms with van der Waals surface area (Å²) in [5.41, 5.74) is 2.99. The minimum Gasteiger partial charge on any atom is -0.493 e. The minimum absolute atomic E-state index is 0. The van der Waals surface area contributed by atoms with Crippen LogP contribution in [0.3, 0.4) is 0 Å². The normalized spacial score (nSPS) is 13.8. The molecule has 1 saturated heterocycles. The first kappa shape index (κ1) is 23.9. The van der Waals surface area contributed by atoms with Crippen molar-refractivity contribution in [2.45, 2.75) is 18.8 Å². The minimum atomic E-state index is -0.207. The largest absolute Gasteiger partial charge is 0.493 e. The number of hydrogen-bond acceptors (Lipinski definition) is 5. The maximum Gasteiger partial charge on any atom is 0.259 e. The van der Waals surface area contributed by atoms with Crippen LogP contribution in [0.15, 0.2) is 48.7 Å². The summed E-state index contributed by atoms with van der Waals surface area (Å²) in [6.07, 6.45) is 3.52. The summed E-state index contributed by atoms with van der Waals surface area (Å²) in [4.78, 5) is 13.3. The molecule has 0 unspecified atom stereocenters. The van der Waals surface area contributed by atoms with Gasteiger partial charge in [0.15, 0.2) is 11.5 Å². The van der Waals surface area contributed by atoms with Gasteiger partial charge in [0.25, 0.3) is 5.91 Å². The average Bonchev–Trinajstić information content (AvgIpc) is 3.25. The Kier molecular flexibility index (Phi) is 8.01. The summed E-state index contributed by atoms with van der Waals surface area (Å²) in [5, 5.41) is 11.6. The SMILES string of the molecule is COc1ccc(NC(=O)c2cnn(-c3ccc(Cl)cc3)c2C2CCNCC2)cc1OC.Cl. The van der Waals surface area contributed by atoms with Crippen LogP contribution < -0.4 is 20.1 Å². The summed E-state index contributed by atoms with van der Waals surface area (Å²) in [6, 6.07) is 12.8. The average molecular weight is 477 g/mol. The molecule has 2 aromatic carbocycles. The quantitative estimate of drug-likeness (QED) is 0.539. The standard InChI is InChI=1S/C23H25ClN4O3.ClH/c1-30-20-8-5-17(13-21(20)31-2)27-23(29)19-14-26-28(18-6-3-16(24)4-7-18)22(19)15-9-11-25-12-10-15;/h3-8,13-15,25H,9-12H2,1-2H3,(H,27,29);1H. The van der Waals surface area contributed by atoms with E-state index in [4.69, 9.17) is 21.1 Å². The van der Waals surface area contributed by atoms with Gasteiger partial charge in [0.1, 0.15) is 0 Å². The fraction of sp³-hybridized carbons (Fsp3) is 0.304. The van der Waals surface area contributed by atoms with Gasteiger partial charge in [0.2, 0.25) is 0 Å². The number of piperidine rings is 1. The van der Waals surface area contributed by atoms with Gasteiger partial charge in [-0.2, -0.15) is 5.10 Å². The molecular formula is C23H26Cl2N4O3. The molecule has 32 heavy (non-hydrogen) atoms. The molecule has 1 fully saturated rings. The number of amides is 1. The molecule has 0 atom stereocenters. The number of nitrogens with one attached hydrogen (secondary N) is 2. The van der Waals surface area contributed by atoms with Gasteiger partial charge in [-0.3, -0.25) is 4.79 Å². The second-order valence-corrected chi connectivity index (χ2v) is 7.82. The molecule has 0 spiro atoms. The van der Waals surface area contributed by atoms with Crippen molar-refractivity contribution in [2.24, 2.45) is 0 Å². The van der Waals surface area contributed by atoms with Crippen molar-refractivity contribution >= 4 is 35.6 Å². The Balaban J connectivity index is 0.00000289. The maximum atomic E-state index is 13.3. The lowest BCUT2D eigenvalue weighted by atomic mass is 9.91. The van der Waals surface area contributed by atoms with Gasteiger partial charge in [-0.05, 0) is 62.3 Å². The zero-order chi connectivity index (χ0) is 21.8. The van der Waals surface area contributed by atoms with Crippen molar-refractivity contribution in [3.63, 3.8) is 0 Å². The van der Waals surface area contributed by atoms with E-state index in [0.29, 0.717) is 27.8 Å². The zero-order valence-electron chi connectivity index (χ0n) is 17.9. The number of halogens is 2. The molecule has 2 N–H and O–H groups in total. The number of nitrogens with zero attached hydrogens (tertiary/aromatic N) is 2. The van der Waals surface area contributed by atoms with Crippen molar-refractivity contribution < 1.29 is 14.3 Å². The van der Waals surface area contributed by atoms with E-state index in [1.807, 2.05) is 28.9 Å². The lowest BCUT2D eigenvalue weighted by Crippen LogP contribution is -2.29. The number of rotatable bonds is 6. The van der Waals surface area contributed by atoms with Crippen molar-refractivity contribution in [3.8, 4) is 17.2 Å². The van der Waals surface area contributed by atoms with Gasteiger partial charge >= 0.3 is 0 Å². The number of hydrogen-bond donors (Lipinski definition) is 2. The van der Waals surface area contributed by atoms with E-state index >= 15 is 0 Å². The summed E-state index contributed by atoms with van der Waals surface area (Å²) < 4.78 is 12.5. The third kappa shape index (κ3) is 5.01. The molecule has 0 bridgehead atoms. The lowest BCUT2D eigenvalue weighted by Gasteiger charge is -2.24. The molecule has 3 aromatic rings. The highest BCUT2D eigenvalue weighted by molar-refractivity contribution is 6.30.